The maximum Gasteiger partial charge on any atom is 0.101 e. The van der Waals surface area contributed by atoms with Crippen molar-refractivity contribution in [3.63, 3.8) is 0 Å². The van der Waals surface area contributed by atoms with Gasteiger partial charge in [0.15, 0.2) is 0 Å². The molecule has 5 heteroatoms. The summed E-state index contributed by atoms with van der Waals surface area (Å²) in [4.78, 5) is 0. The molecule has 1 unspecified atom stereocenters. The van der Waals surface area contributed by atoms with E-state index >= 15 is 0 Å². The molecule has 16 heavy (non-hydrogen) atoms. The molecule has 1 aromatic heterocycles. The number of ether oxygens (including phenoxy) is 1. The van der Waals surface area contributed by atoms with Gasteiger partial charge >= 0.3 is 0 Å². The second-order valence-corrected chi connectivity index (χ2v) is 4.84. The first-order chi connectivity index (χ1) is 7.76. The van der Waals surface area contributed by atoms with Crippen LogP contribution in [0.5, 0.6) is 0 Å². The van der Waals surface area contributed by atoms with Gasteiger partial charge in [-0.15, -0.1) is 16.7 Å². The highest BCUT2D eigenvalue weighted by molar-refractivity contribution is 6.16. The average molecular weight is 244 g/mol. The molecule has 0 aliphatic heterocycles. The van der Waals surface area contributed by atoms with Crippen molar-refractivity contribution >= 4 is 11.6 Å². The molecule has 0 aromatic carbocycles. The Hall–Kier alpha value is -0.610. The highest BCUT2D eigenvalue weighted by atomic mass is 35.5. The molecule has 4 nitrogen and oxygen atoms in total. The van der Waals surface area contributed by atoms with E-state index < -0.39 is 0 Å². The van der Waals surface area contributed by atoms with E-state index in [1.54, 1.807) is 7.11 Å². The van der Waals surface area contributed by atoms with Gasteiger partial charge in [0.1, 0.15) is 5.69 Å². The van der Waals surface area contributed by atoms with Crippen LogP contribution >= 0.6 is 11.6 Å². The maximum absolute atomic E-state index is 5.87. The van der Waals surface area contributed by atoms with E-state index in [4.69, 9.17) is 16.3 Å². The number of aromatic nitrogens is 3. The van der Waals surface area contributed by atoms with Gasteiger partial charge in [0.05, 0.1) is 18.2 Å². The summed E-state index contributed by atoms with van der Waals surface area (Å²) in [6.07, 6.45) is 2.49. The lowest BCUT2D eigenvalue weighted by Gasteiger charge is -2.12. The van der Waals surface area contributed by atoms with E-state index in [2.05, 4.69) is 17.2 Å². The standard InChI is InChI=1S/C11H18ClN3O/c1-8(7-16-2)6-15-11(9-3-4-9)10(5-12)13-14-15/h8-9H,3-7H2,1-2H3. The van der Waals surface area contributed by atoms with Crippen molar-refractivity contribution in [1.82, 2.24) is 15.0 Å². The summed E-state index contributed by atoms with van der Waals surface area (Å²) >= 11 is 5.87. The molecular weight excluding hydrogens is 226 g/mol. The molecule has 0 bridgehead atoms. The van der Waals surface area contributed by atoms with Crippen molar-refractivity contribution in [2.24, 2.45) is 5.92 Å². The fraction of sp³-hybridized carbons (Fsp3) is 0.818. The zero-order valence-electron chi connectivity index (χ0n) is 9.82. The van der Waals surface area contributed by atoms with E-state index in [9.17, 15) is 0 Å². The minimum Gasteiger partial charge on any atom is -0.384 e. The van der Waals surface area contributed by atoms with Crippen LogP contribution in [0.25, 0.3) is 0 Å². The van der Waals surface area contributed by atoms with Crippen LogP contribution in [-0.4, -0.2) is 28.7 Å². The molecule has 1 aromatic rings. The van der Waals surface area contributed by atoms with E-state index in [0.29, 0.717) is 17.7 Å². The summed E-state index contributed by atoms with van der Waals surface area (Å²) in [5.41, 5.74) is 2.20. The summed E-state index contributed by atoms with van der Waals surface area (Å²) in [5.74, 6) is 1.55. The first kappa shape index (κ1) is 11.9. The first-order valence-electron chi connectivity index (χ1n) is 5.73. The van der Waals surface area contributed by atoms with Gasteiger partial charge < -0.3 is 4.74 Å². The van der Waals surface area contributed by atoms with Crippen molar-refractivity contribution in [3.8, 4) is 0 Å². The monoisotopic (exact) mass is 243 g/mol. The van der Waals surface area contributed by atoms with Gasteiger partial charge in [0.25, 0.3) is 0 Å². The minimum atomic E-state index is 0.451. The molecule has 0 amide bonds. The molecule has 1 heterocycles. The molecule has 0 spiro atoms. The number of methoxy groups -OCH3 is 1. The van der Waals surface area contributed by atoms with Crippen LogP contribution in [0.3, 0.4) is 0 Å². The molecule has 0 saturated heterocycles. The van der Waals surface area contributed by atoms with Crippen molar-refractivity contribution in [3.05, 3.63) is 11.4 Å². The molecular formula is C11H18ClN3O. The molecule has 1 aliphatic carbocycles. The van der Waals surface area contributed by atoms with Crippen molar-refractivity contribution < 1.29 is 4.74 Å². The summed E-state index contributed by atoms with van der Waals surface area (Å²) < 4.78 is 7.15. The lowest BCUT2D eigenvalue weighted by atomic mass is 10.2. The molecule has 90 valence electrons. The van der Waals surface area contributed by atoms with Crippen molar-refractivity contribution in [2.45, 2.75) is 38.1 Å². The molecule has 1 atom stereocenters. The quantitative estimate of drug-likeness (QED) is 0.719. The highest BCUT2D eigenvalue weighted by Gasteiger charge is 2.31. The van der Waals surface area contributed by atoms with Crippen LogP contribution in [0, 0.1) is 5.92 Å². The van der Waals surface area contributed by atoms with E-state index in [-0.39, 0.29) is 0 Å². The summed E-state index contributed by atoms with van der Waals surface area (Å²) in [6, 6.07) is 0. The van der Waals surface area contributed by atoms with E-state index in [1.807, 2.05) is 4.68 Å². The van der Waals surface area contributed by atoms with Gasteiger partial charge in [-0.05, 0) is 18.8 Å². The van der Waals surface area contributed by atoms with Crippen LogP contribution in [0.2, 0.25) is 0 Å². The normalized spacial score (nSPS) is 17.7. The van der Waals surface area contributed by atoms with Crippen LogP contribution < -0.4 is 0 Å². The Bertz CT molecular complexity index is 349. The number of nitrogens with zero attached hydrogens (tertiary/aromatic N) is 3. The Kier molecular flexibility index (Phi) is 3.82. The Morgan fingerprint density at radius 1 is 1.56 bits per heavy atom. The number of rotatable bonds is 6. The fourth-order valence-corrected chi connectivity index (χ4v) is 2.21. The molecule has 0 radical (unpaired) electrons. The van der Waals surface area contributed by atoms with Crippen molar-refractivity contribution in [1.29, 1.82) is 0 Å². The third kappa shape index (κ3) is 2.55. The fourth-order valence-electron chi connectivity index (χ4n) is 2.02. The lowest BCUT2D eigenvalue weighted by molar-refractivity contribution is 0.148. The van der Waals surface area contributed by atoms with Crippen LogP contribution in [0.15, 0.2) is 0 Å². The Morgan fingerprint density at radius 2 is 2.31 bits per heavy atom. The minimum absolute atomic E-state index is 0.451. The van der Waals surface area contributed by atoms with E-state index in [0.717, 1.165) is 18.8 Å². The van der Waals surface area contributed by atoms with Gasteiger partial charge in [-0.3, -0.25) is 0 Å². The van der Waals surface area contributed by atoms with Gasteiger partial charge in [0, 0.05) is 19.6 Å². The molecule has 2 rings (SSSR count). The molecule has 1 saturated carbocycles. The Labute approximate surface area is 101 Å². The topological polar surface area (TPSA) is 39.9 Å². The van der Waals surface area contributed by atoms with Crippen LogP contribution in [-0.2, 0) is 17.2 Å². The second-order valence-electron chi connectivity index (χ2n) is 4.57. The summed E-state index contributed by atoms with van der Waals surface area (Å²) in [6.45, 7) is 3.77. The predicted octanol–water partition coefficient (Wildman–Crippen LogP) is 2.18. The number of alkyl halides is 1. The van der Waals surface area contributed by atoms with E-state index in [1.165, 1.54) is 18.5 Å². The third-order valence-corrected chi connectivity index (χ3v) is 3.13. The predicted molar refractivity (Wildman–Crippen MR) is 62.6 cm³/mol. The summed E-state index contributed by atoms with van der Waals surface area (Å²) in [7, 11) is 1.73. The zero-order valence-corrected chi connectivity index (χ0v) is 10.6. The molecule has 1 fully saturated rings. The average Bonchev–Trinajstić information content (AvgIpc) is 3.01. The summed E-state index contributed by atoms with van der Waals surface area (Å²) in [5, 5.41) is 8.35. The lowest BCUT2D eigenvalue weighted by Crippen LogP contribution is -2.15. The molecule has 1 aliphatic rings. The Morgan fingerprint density at radius 3 is 2.88 bits per heavy atom. The smallest absolute Gasteiger partial charge is 0.101 e. The zero-order chi connectivity index (χ0) is 11.5. The molecule has 0 N–H and O–H groups in total. The Balaban J connectivity index is 2.10. The van der Waals surface area contributed by atoms with Gasteiger partial charge in [0.2, 0.25) is 0 Å². The third-order valence-electron chi connectivity index (χ3n) is 2.87. The highest BCUT2D eigenvalue weighted by Crippen LogP contribution is 2.41. The maximum atomic E-state index is 5.87. The van der Waals surface area contributed by atoms with Crippen LogP contribution in [0.4, 0.5) is 0 Å². The number of hydrogen-bond acceptors (Lipinski definition) is 3. The van der Waals surface area contributed by atoms with Gasteiger partial charge in [-0.2, -0.15) is 0 Å². The number of hydrogen-bond donors (Lipinski definition) is 0. The number of halogens is 1. The van der Waals surface area contributed by atoms with Gasteiger partial charge in [-0.1, -0.05) is 12.1 Å². The van der Waals surface area contributed by atoms with Gasteiger partial charge in [-0.25, -0.2) is 4.68 Å². The largest absolute Gasteiger partial charge is 0.384 e. The SMILES string of the molecule is COCC(C)Cn1nnc(CCl)c1C1CC1. The first-order valence-corrected chi connectivity index (χ1v) is 6.26. The second kappa shape index (κ2) is 5.15. The van der Waals surface area contributed by atoms with Crippen LogP contribution in [0.1, 0.15) is 37.1 Å². The van der Waals surface area contributed by atoms with Crippen molar-refractivity contribution in [2.75, 3.05) is 13.7 Å².